The van der Waals surface area contributed by atoms with E-state index in [-0.39, 0.29) is 0 Å². The first-order valence-electron chi connectivity index (χ1n) is 1.67. The Morgan fingerprint density at radius 3 is 1.88 bits per heavy atom. The van der Waals surface area contributed by atoms with E-state index in [0.717, 1.165) is 5.92 Å². The molecule has 0 saturated carbocycles. The topological polar surface area (TPSA) is 0 Å². The summed E-state index contributed by atoms with van der Waals surface area (Å²) in [7, 11) is 0. The summed E-state index contributed by atoms with van der Waals surface area (Å²) in [4.78, 5) is 0. The first-order chi connectivity index (χ1) is 3.48. The van der Waals surface area contributed by atoms with Gasteiger partial charge in [-0.05, 0) is 12.3 Å². The molecule has 43 valence electrons. The number of allylic oxidation sites excluding steroid dienone is 1. The van der Waals surface area contributed by atoms with Crippen molar-refractivity contribution < 1.29 is 13.2 Å². The van der Waals surface area contributed by atoms with Gasteiger partial charge >= 0.3 is 6.18 Å². The molecule has 8 heavy (non-hydrogen) atoms. The second-order valence-electron chi connectivity index (χ2n) is 1.10. The van der Waals surface area contributed by atoms with Crippen molar-refractivity contribution in [3.8, 4) is 5.92 Å². The smallest absolute Gasteiger partial charge is 0.165 e. The van der Waals surface area contributed by atoms with Crippen molar-refractivity contribution >= 4 is 0 Å². The van der Waals surface area contributed by atoms with Crippen molar-refractivity contribution in [3.63, 3.8) is 0 Å². The van der Waals surface area contributed by atoms with Crippen LogP contribution in [0.5, 0.6) is 0 Å². The molecule has 1 radical (unpaired) electrons. The zero-order chi connectivity index (χ0) is 6.78. The number of halogens is 3. The van der Waals surface area contributed by atoms with E-state index in [1.165, 1.54) is 0 Å². The molecule has 0 aromatic heterocycles. The summed E-state index contributed by atoms with van der Waals surface area (Å²) in [6.45, 7) is 2.52. The third-order valence-electron chi connectivity index (χ3n) is 0.493. The fourth-order valence-corrected chi connectivity index (χ4v) is 0.0709. The minimum atomic E-state index is -4.48. The normalized spacial score (nSPS) is 10.2. The van der Waals surface area contributed by atoms with Gasteiger partial charge in [-0.1, -0.05) is 6.58 Å². The summed E-state index contributed by atoms with van der Waals surface area (Å²) < 4.78 is 33.5. The van der Waals surface area contributed by atoms with Gasteiger partial charge in [-0.25, -0.2) is 0 Å². The molecule has 3 heteroatoms. The van der Waals surface area contributed by atoms with E-state index in [0.29, 0.717) is 0 Å². The van der Waals surface area contributed by atoms with E-state index in [1.807, 2.05) is 0 Å². The zero-order valence-corrected chi connectivity index (χ0v) is 3.84. The Labute approximate surface area is 45.0 Å². The predicted molar refractivity (Wildman–Crippen MR) is 22.3 cm³/mol. The minimum absolute atomic E-state index is 1.14. The quantitative estimate of drug-likeness (QED) is 0.425. The molecule has 0 aromatic carbocycles. The van der Waals surface area contributed by atoms with Crippen LogP contribution in [0, 0.1) is 12.3 Å². The summed E-state index contributed by atoms with van der Waals surface area (Å²) in [5, 5.41) is 0. The highest BCUT2D eigenvalue weighted by Crippen LogP contribution is 2.22. The molecule has 0 unspecified atom stereocenters. The molecule has 0 amide bonds. The molecule has 0 nitrogen and oxygen atoms in total. The van der Waals surface area contributed by atoms with Crippen molar-refractivity contribution in [1.82, 2.24) is 0 Å². The Morgan fingerprint density at radius 2 is 1.88 bits per heavy atom. The molecule has 0 fully saturated rings. The zero-order valence-electron chi connectivity index (χ0n) is 3.84. The van der Waals surface area contributed by atoms with Gasteiger partial charge in [0.15, 0.2) is 0 Å². The van der Waals surface area contributed by atoms with Gasteiger partial charge in [0.2, 0.25) is 0 Å². The second kappa shape index (κ2) is 1.91. The highest BCUT2D eigenvalue weighted by Gasteiger charge is 2.30. The monoisotopic (exact) mass is 119 g/mol. The van der Waals surface area contributed by atoms with Crippen molar-refractivity contribution in [2.24, 2.45) is 0 Å². The Morgan fingerprint density at radius 1 is 1.50 bits per heavy atom. The van der Waals surface area contributed by atoms with E-state index < -0.39 is 11.7 Å². The lowest BCUT2D eigenvalue weighted by atomic mass is 10.3. The summed E-state index contributed by atoms with van der Waals surface area (Å²) in [5.74, 6) is 1.14. The summed E-state index contributed by atoms with van der Waals surface area (Å²) >= 11 is 0. The van der Waals surface area contributed by atoms with Crippen LogP contribution in [-0.2, 0) is 0 Å². The van der Waals surface area contributed by atoms with Gasteiger partial charge in [0, 0.05) is 0 Å². The standard InChI is InChI=1S/C5H2F3/c1-3-4(2)5(6,7)8/h2H2. The van der Waals surface area contributed by atoms with Gasteiger partial charge in [0.05, 0.1) is 5.57 Å². The van der Waals surface area contributed by atoms with E-state index >= 15 is 0 Å². The molecule has 0 heterocycles. The van der Waals surface area contributed by atoms with Gasteiger partial charge in [0.25, 0.3) is 0 Å². The minimum Gasteiger partial charge on any atom is -0.165 e. The maximum absolute atomic E-state index is 11.2. The molecule has 0 rings (SSSR count). The van der Waals surface area contributed by atoms with Crippen LogP contribution in [0.2, 0.25) is 0 Å². The van der Waals surface area contributed by atoms with Crippen LogP contribution in [0.15, 0.2) is 12.2 Å². The SMILES string of the molecule is [C]#CC(=C)C(F)(F)F. The van der Waals surface area contributed by atoms with Crippen LogP contribution in [0.4, 0.5) is 13.2 Å². The van der Waals surface area contributed by atoms with Crippen molar-refractivity contribution in [2.45, 2.75) is 6.18 Å². The van der Waals surface area contributed by atoms with Crippen LogP contribution in [0.3, 0.4) is 0 Å². The summed E-state index contributed by atoms with van der Waals surface area (Å²) in [6.07, 6.45) is 1.51. The lowest BCUT2D eigenvalue weighted by Crippen LogP contribution is -2.08. The second-order valence-corrected chi connectivity index (χ2v) is 1.10. The fourth-order valence-electron chi connectivity index (χ4n) is 0.0709. The van der Waals surface area contributed by atoms with E-state index in [4.69, 9.17) is 6.42 Å². The molecular formula is C5H2F3. The van der Waals surface area contributed by atoms with Crippen LogP contribution in [0.1, 0.15) is 0 Å². The number of rotatable bonds is 0. The van der Waals surface area contributed by atoms with Gasteiger partial charge in [-0.2, -0.15) is 13.2 Å². The summed E-state index contributed by atoms with van der Waals surface area (Å²) in [6, 6.07) is 0. The lowest BCUT2D eigenvalue weighted by molar-refractivity contribution is -0.0868. The number of hydrogen-bond acceptors (Lipinski definition) is 0. The van der Waals surface area contributed by atoms with Gasteiger partial charge in [-0.15, -0.1) is 0 Å². The first kappa shape index (κ1) is 7.09. The molecule has 0 aliphatic heterocycles. The Balaban J connectivity index is 4.09. The van der Waals surface area contributed by atoms with Gasteiger partial charge < -0.3 is 0 Å². The first-order valence-corrected chi connectivity index (χ1v) is 1.67. The molecule has 0 saturated heterocycles. The van der Waals surface area contributed by atoms with Crippen LogP contribution in [-0.4, -0.2) is 6.18 Å². The molecule has 0 bridgehead atoms. The lowest BCUT2D eigenvalue weighted by Gasteiger charge is -2.00. The molecule has 0 aliphatic carbocycles. The largest absolute Gasteiger partial charge is 0.423 e. The molecule has 0 N–H and O–H groups in total. The van der Waals surface area contributed by atoms with Crippen LogP contribution in [0.25, 0.3) is 0 Å². The highest BCUT2D eigenvalue weighted by molar-refractivity contribution is 5.23. The van der Waals surface area contributed by atoms with E-state index in [1.54, 1.807) is 0 Å². The third kappa shape index (κ3) is 1.69. The Kier molecular flexibility index (Phi) is 1.69. The van der Waals surface area contributed by atoms with Crippen molar-refractivity contribution in [2.75, 3.05) is 0 Å². The average molecular weight is 119 g/mol. The number of hydrogen-bond donors (Lipinski definition) is 0. The van der Waals surface area contributed by atoms with Crippen LogP contribution < -0.4 is 0 Å². The molecule has 0 spiro atoms. The summed E-state index contributed by atoms with van der Waals surface area (Å²) in [5.41, 5.74) is -1.25. The van der Waals surface area contributed by atoms with Gasteiger partial charge in [-0.3, -0.25) is 0 Å². The molecule has 0 aliphatic rings. The average Bonchev–Trinajstić information content (AvgIpc) is 1.62. The van der Waals surface area contributed by atoms with Gasteiger partial charge in [0.1, 0.15) is 0 Å². The maximum Gasteiger partial charge on any atom is 0.423 e. The fraction of sp³-hybridized carbons (Fsp3) is 0.200. The Bertz CT molecular complexity index is 135. The van der Waals surface area contributed by atoms with Crippen LogP contribution >= 0.6 is 0 Å². The predicted octanol–water partition coefficient (Wildman–Crippen LogP) is 1.69. The Hall–Kier alpha value is -0.910. The third-order valence-corrected chi connectivity index (χ3v) is 0.493. The maximum atomic E-state index is 11.2. The molecule has 0 atom stereocenters. The molecule has 0 aromatic rings. The van der Waals surface area contributed by atoms with E-state index in [9.17, 15) is 13.2 Å². The van der Waals surface area contributed by atoms with E-state index in [2.05, 4.69) is 6.58 Å². The van der Waals surface area contributed by atoms with Crippen molar-refractivity contribution in [1.29, 1.82) is 0 Å². The molecular weight excluding hydrogens is 117 g/mol. The number of alkyl halides is 3. The highest BCUT2D eigenvalue weighted by atomic mass is 19.4. The van der Waals surface area contributed by atoms with Crippen molar-refractivity contribution in [3.05, 3.63) is 18.6 Å².